The van der Waals surface area contributed by atoms with Gasteiger partial charge in [-0.05, 0) is 49.4 Å². The van der Waals surface area contributed by atoms with E-state index in [1.165, 1.54) is 55.0 Å². The van der Waals surface area contributed by atoms with E-state index in [-0.39, 0.29) is 5.91 Å². The summed E-state index contributed by atoms with van der Waals surface area (Å²) in [5.41, 5.74) is 4.37. The first-order valence-electron chi connectivity index (χ1n) is 11.1. The topological polar surface area (TPSA) is 59.8 Å². The molecule has 1 heterocycles. The summed E-state index contributed by atoms with van der Waals surface area (Å²) in [6, 6.07) is 16.4. The van der Waals surface area contributed by atoms with Gasteiger partial charge in [0, 0.05) is 11.6 Å². The van der Waals surface area contributed by atoms with Gasteiger partial charge in [0.1, 0.15) is 5.82 Å². The second-order valence-electron chi connectivity index (χ2n) is 8.33. The molecule has 4 rings (SSSR count). The van der Waals surface area contributed by atoms with Gasteiger partial charge in [0.25, 0.3) is 0 Å². The van der Waals surface area contributed by atoms with Crippen LogP contribution in [0.4, 0.5) is 5.69 Å². The van der Waals surface area contributed by atoms with Crippen LogP contribution in [0.2, 0.25) is 0 Å². The highest BCUT2D eigenvalue weighted by Crippen LogP contribution is 2.33. The number of nitrogens with one attached hydrogen (secondary N) is 1. The predicted octanol–water partition coefficient (Wildman–Crippen LogP) is 5.72. The van der Waals surface area contributed by atoms with Crippen LogP contribution in [-0.4, -0.2) is 26.4 Å². The molecular formula is C25H30N4OS. The fraction of sp³-hybridized carbons (Fsp3) is 0.400. The lowest BCUT2D eigenvalue weighted by atomic mass is 9.88. The third-order valence-corrected chi connectivity index (χ3v) is 7.08. The van der Waals surface area contributed by atoms with Crippen LogP contribution in [-0.2, 0) is 11.3 Å². The van der Waals surface area contributed by atoms with Crippen LogP contribution in [0.1, 0.15) is 60.5 Å². The van der Waals surface area contributed by atoms with Crippen molar-refractivity contribution in [3.8, 4) is 0 Å². The Morgan fingerprint density at radius 1 is 1.03 bits per heavy atom. The summed E-state index contributed by atoms with van der Waals surface area (Å²) in [6.07, 6.45) is 6.16. The first-order valence-corrected chi connectivity index (χ1v) is 12.1. The molecule has 1 saturated carbocycles. The molecule has 0 spiro atoms. The second-order valence-corrected chi connectivity index (χ2v) is 9.27. The molecule has 1 amide bonds. The number of hydrogen-bond donors (Lipinski definition) is 1. The van der Waals surface area contributed by atoms with E-state index in [4.69, 9.17) is 0 Å². The number of nitrogens with zero attached hydrogens (tertiary/aromatic N) is 3. The largest absolute Gasteiger partial charge is 0.325 e. The number of thioether (sulfide) groups is 1. The molecule has 1 aliphatic carbocycles. The minimum atomic E-state index is -0.0211. The molecule has 0 aliphatic heterocycles. The van der Waals surface area contributed by atoms with Gasteiger partial charge in [-0.15, -0.1) is 10.2 Å². The molecule has 0 saturated heterocycles. The monoisotopic (exact) mass is 434 g/mol. The van der Waals surface area contributed by atoms with Gasteiger partial charge in [-0.25, -0.2) is 0 Å². The Labute approximate surface area is 188 Å². The summed E-state index contributed by atoms with van der Waals surface area (Å²) in [6.45, 7) is 4.82. The second kappa shape index (κ2) is 10.1. The van der Waals surface area contributed by atoms with Crippen molar-refractivity contribution in [3.05, 3.63) is 71.0 Å². The van der Waals surface area contributed by atoms with Crippen molar-refractivity contribution in [2.45, 2.75) is 63.6 Å². The number of anilines is 1. The molecule has 2 aromatic carbocycles. The third kappa shape index (κ3) is 5.37. The number of amides is 1. The lowest BCUT2D eigenvalue weighted by molar-refractivity contribution is -0.113. The number of aromatic nitrogens is 3. The summed E-state index contributed by atoms with van der Waals surface area (Å²) >= 11 is 1.47. The normalized spacial score (nSPS) is 14.5. The molecule has 31 heavy (non-hydrogen) atoms. The molecule has 5 nitrogen and oxygen atoms in total. The first-order chi connectivity index (χ1) is 15.1. The SMILES string of the molecule is Cc1cccc(NC(=O)CSc2nnc(C3CCCCC3)n2Cc2ccccc2)c1C. The molecular weight excluding hydrogens is 404 g/mol. The van der Waals surface area contributed by atoms with Crippen molar-refractivity contribution in [1.82, 2.24) is 14.8 Å². The Hall–Kier alpha value is -2.60. The predicted molar refractivity (Wildman–Crippen MR) is 127 cm³/mol. The summed E-state index contributed by atoms with van der Waals surface area (Å²) in [5, 5.41) is 12.9. The van der Waals surface area contributed by atoms with E-state index in [1.807, 2.05) is 25.1 Å². The maximum atomic E-state index is 12.6. The van der Waals surface area contributed by atoms with E-state index in [0.29, 0.717) is 11.7 Å². The minimum absolute atomic E-state index is 0.0211. The van der Waals surface area contributed by atoms with Gasteiger partial charge in [0.15, 0.2) is 5.16 Å². The fourth-order valence-corrected chi connectivity index (χ4v) is 4.93. The van der Waals surface area contributed by atoms with E-state index < -0.39 is 0 Å². The highest BCUT2D eigenvalue weighted by Gasteiger charge is 2.24. The lowest BCUT2D eigenvalue weighted by Crippen LogP contribution is -2.16. The fourth-order valence-electron chi connectivity index (χ4n) is 4.19. The molecule has 1 aromatic heterocycles. The van der Waals surface area contributed by atoms with Gasteiger partial charge >= 0.3 is 0 Å². The smallest absolute Gasteiger partial charge is 0.234 e. The Bertz CT molecular complexity index is 1030. The summed E-state index contributed by atoms with van der Waals surface area (Å²) in [5.74, 6) is 1.82. The van der Waals surface area contributed by atoms with Crippen LogP contribution in [0, 0.1) is 13.8 Å². The van der Waals surface area contributed by atoms with Crippen molar-refractivity contribution in [3.63, 3.8) is 0 Å². The van der Waals surface area contributed by atoms with Crippen molar-refractivity contribution >= 4 is 23.4 Å². The van der Waals surface area contributed by atoms with Crippen LogP contribution in [0.3, 0.4) is 0 Å². The van der Waals surface area contributed by atoms with Crippen LogP contribution >= 0.6 is 11.8 Å². The van der Waals surface area contributed by atoms with Gasteiger partial charge in [0.2, 0.25) is 5.91 Å². The minimum Gasteiger partial charge on any atom is -0.325 e. The van der Waals surface area contributed by atoms with Crippen molar-refractivity contribution in [2.75, 3.05) is 11.1 Å². The van der Waals surface area contributed by atoms with Crippen LogP contribution in [0.25, 0.3) is 0 Å². The molecule has 0 atom stereocenters. The molecule has 3 aromatic rings. The Kier molecular flexibility index (Phi) is 7.07. The first kappa shape index (κ1) is 21.6. The molecule has 0 radical (unpaired) electrons. The van der Waals surface area contributed by atoms with Gasteiger partial charge in [-0.2, -0.15) is 0 Å². The van der Waals surface area contributed by atoms with Crippen LogP contribution in [0.15, 0.2) is 53.7 Å². The number of hydrogen-bond acceptors (Lipinski definition) is 4. The van der Waals surface area contributed by atoms with Crippen LogP contribution in [0.5, 0.6) is 0 Å². The van der Waals surface area contributed by atoms with E-state index in [9.17, 15) is 4.79 Å². The zero-order valence-electron chi connectivity index (χ0n) is 18.3. The standard InChI is InChI=1S/C25H30N4OS/c1-18-10-9-15-22(19(18)2)26-23(30)17-31-25-28-27-24(21-13-7-4-8-14-21)29(25)16-20-11-5-3-6-12-20/h3,5-6,9-12,15,21H,4,7-8,13-14,16-17H2,1-2H3,(H,26,30). The molecule has 0 unspecified atom stereocenters. The summed E-state index contributed by atoms with van der Waals surface area (Å²) in [4.78, 5) is 12.6. The number of aryl methyl sites for hydroxylation is 1. The molecule has 0 bridgehead atoms. The number of benzene rings is 2. The lowest BCUT2D eigenvalue weighted by Gasteiger charge is -2.22. The van der Waals surface area contributed by atoms with Crippen molar-refractivity contribution in [2.24, 2.45) is 0 Å². The van der Waals surface area contributed by atoms with E-state index in [1.54, 1.807) is 0 Å². The highest BCUT2D eigenvalue weighted by molar-refractivity contribution is 7.99. The Balaban J connectivity index is 1.49. The summed E-state index contributed by atoms with van der Waals surface area (Å²) < 4.78 is 2.22. The maximum Gasteiger partial charge on any atom is 0.234 e. The van der Waals surface area contributed by atoms with Gasteiger partial charge in [-0.1, -0.05) is 73.5 Å². The zero-order chi connectivity index (χ0) is 21.6. The molecule has 6 heteroatoms. The van der Waals surface area contributed by atoms with E-state index >= 15 is 0 Å². The molecule has 1 N–H and O–H groups in total. The average Bonchev–Trinajstić information content (AvgIpc) is 3.19. The van der Waals surface area contributed by atoms with E-state index in [2.05, 4.69) is 57.3 Å². The van der Waals surface area contributed by atoms with Crippen LogP contribution < -0.4 is 5.32 Å². The number of carbonyl (C=O) groups is 1. The molecule has 1 aliphatic rings. The Morgan fingerprint density at radius 3 is 2.58 bits per heavy atom. The highest BCUT2D eigenvalue weighted by atomic mass is 32.2. The third-order valence-electron chi connectivity index (χ3n) is 6.11. The maximum absolute atomic E-state index is 12.6. The van der Waals surface area contributed by atoms with Gasteiger partial charge < -0.3 is 9.88 Å². The zero-order valence-corrected chi connectivity index (χ0v) is 19.1. The number of rotatable bonds is 7. The Morgan fingerprint density at radius 2 is 1.81 bits per heavy atom. The quantitative estimate of drug-likeness (QED) is 0.483. The van der Waals surface area contributed by atoms with Crippen molar-refractivity contribution < 1.29 is 4.79 Å². The van der Waals surface area contributed by atoms with Gasteiger partial charge in [-0.3, -0.25) is 4.79 Å². The van der Waals surface area contributed by atoms with E-state index in [0.717, 1.165) is 28.8 Å². The average molecular weight is 435 g/mol. The molecule has 162 valence electrons. The summed E-state index contributed by atoms with van der Waals surface area (Å²) in [7, 11) is 0. The van der Waals surface area contributed by atoms with Crippen molar-refractivity contribution in [1.29, 1.82) is 0 Å². The van der Waals surface area contributed by atoms with Gasteiger partial charge in [0.05, 0.1) is 12.3 Å². The molecule has 1 fully saturated rings. The number of carbonyl (C=O) groups excluding carboxylic acids is 1.